The lowest BCUT2D eigenvalue weighted by Crippen LogP contribution is -2.44. The van der Waals surface area contributed by atoms with E-state index in [1.807, 2.05) is 25.1 Å². The first-order valence-electron chi connectivity index (χ1n) is 9.87. The number of amides is 1. The highest BCUT2D eigenvalue weighted by molar-refractivity contribution is 5.76. The van der Waals surface area contributed by atoms with Crippen LogP contribution in [0.3, 0.4) is 0 Å². The lowest BCUT2D eigenvalue weighted by atomic mass is 9.76. The monoisotopic (exact) mass is 368 g/mol. The molecule has 0 radical (unpaired) electrons. The van der Waals surface area contributed by atoms with Crippen LogP contribution >= 0.6 is 0 Å². The second-order valence-corrected chi connectivity index (χ2v) is 8.17. The second-order valence-electron chi connectivity index (χ2n) is 8.17. The highest BCUT2D eigenvalue weighted by Gasteiger charge is 2.46. The third-order valence-electron chi connectivity index (χ3n) is 6.23. The Kier molecular flexibility index (Phi) is 5.00. The van der Waals surface area contributed by atoms with Crippen molar-refractivity contribution in [1.82, 2.24) is 19.9 Å². The molecule has 1 unspecified atom stereocenters. The minimum absolute atomic E-state index is 0.225. The fourth-order valence-corrected chi connectivity index (χ4v) is 4.66. The zero-order valence-corrected chi connectivity index (χ0v) is 16.2. The fraction of sp³-hybridized carbons (Fsp3) is 0.571. The van der Waals surface area contributed by atoms with E-state index in [9.17, 15) is 4.79 Å². The van der Waals surface area contributed by atoms with Crippen LogP contribution in [0.1, 0.15) is 49.0 Å². The maximum atomic E-state index is 12.6. The molecule has 3 heterocycles. The van der Waals surface area contributed by atoms with Crippen LogP contribution in [-0.4, -0.2) is 52.5 Å². The zero-order chi connectivity index (χ0) is 18.9. The zero-order valence-electron chi connectivity index (χ0n) is 16.2. The van der Waals surface area contributed by atoms with Gasteiger partial charge in [0.2, 0.25) is 11.8 Å². The van der Waals surface area contributed by atoms with Gasteiger partial charge in [0, 0.05) is 33.0 Å². The molecule has 2 saturated heterocycles. The van der Waals surface area contributed by atoms with Crippen LogP contribution in [0.5, 0.6) is 0 Å². The Labute approximate surface area is 160 Å². The Bertz CT molecular complexity index is 780. The number of nitrogens with zero attached hydrogens (tertiary/aromatic N) is 4. The van der Waals surface area contributed by atoms with Crippen molar-refractivity contribution in [3.05, 3.63) is 47.6 Å². The quantitative estimate of drug-likeness (QED) is 0.830. The molecule has 1 spiro atoms. The predicted octanol–water partition coefficient (Wildman–Crippen LogP) is 3.00. The number of likely N-dealkylation sites (tertiary alicyclic amines) is 2. The Morgan fingerprint density at radius 3 is 2.67 bits per heavy atom. The molecular formula is C21H28N4O2. The molecule has 6 heteroatoms. The van der Waals surface area contributed by atoms with E-state index >= 15 is 0 Å². The van der Waals surface area contributed by atoms with Gasteiger partial charge in [-0.25, -0.2) is 0 Å². The van der Waals surface area contributed by atoms with E-state index in [1.54, 1.807) is 0 Å². The smallest absolute Gasteiger partial charge is 0.223 e. The van der Waals surface area contributed by atoms with Gasteiger partial charge in [0.1, 0.15) is 0 Å². The van der Waals surface area contributed by atoms with Gasteiger partial charge in [-0.3, -0.25) is 9.69 Å². The highest BCUT2D eigenvalue weighted by Crippen LogP contribution is 2.47. The van der Waals surface area contributed by atoms with Crippen molar-refractivity contribution < 1.29 is 9.32 Å². The highest BCUT2D eigenvalue weighted by atomic mass is 16.5. The molecule has 1 aromatic heterocycles. The van der Waals surface area contributed by atoms with E-state index in [4.69, 9.17) is 4.52 Å². The minimum atomic E-state index is 0.225. The Hall–Kier alpha value is -2.21. The third-order valence-corrected chi connectivity index (χ3v) is 6.23. The van der Waals surface area contributed by atoms with Gasteiger partial charge >= 0.3 is 0 Å². The minimum Gasteiger partial charge on any atom is -0.343 e. The summed E-state index contributed by atoms with van der Waals surface area (Å²) in [5.74, 6) is 1.71. The number of hydrogen-bond acceptors (Lipinski definition) is 5. The standard InChI is InChI=1S/C21H28N4O2/c1-16-22-20(23-27-16)18-14-21(15-24(18)2)10-12-25(13-11-21)19(26)9-8-17-6-4-3-5-7-17/h3-7,18H,8-15H2,1-2H3. The van der Waals surface area contributed by atoms with Crippen LogP contribution in [0.4, 0.5) is 0 Å². The molecule has 0 aliphatic carbocycles. The maximum Gasteiger partial charge on any atom is 0.223 e. The van der Waals surface area contributed by atoms with Crippen LogP contribution < -0.4 is 0 Å². The van der Waals surface area contributed by atoms with E-state index in [0.717, 1.165) is 51.1 Å². The third kappa shape index (κ3) is 3.90. The van der Waals surface area contributed by atoms with Crippen LogP contribution in [0.25, 0.3) is 0 Å². The molecule has 2 aliphatic rings. The SMILES string of the molecule is Cc1nc(C2CC3(CCN(C(=O)CCc4ccccc4)CC3)CN2C)no1. The summed E-state index contributed by atoms with van der Waals surface area (Å²) in [6.45, 7) is 4.59. The summed E-state index contributed by atoms with van der Waals surface area (Å²) in [7, 11) is 2.14. The molecule has 1 amide bonds. The van der Waals surface area contributed by atoms with Crippen molar-refractivity contribution in [1.29, 1.82) is 0 Å². The Morgan fingerprint density at radius 1 is 1.26 bits per heavy atom. The molecule has 1 atom stereocenters. The molecule has 2 aliphatic heterocycles. The van der Waals surface area contributed by atoms with E-state index in [0.29, 0.717) is 12.3 Å². The first-order chi connectivity index (χ1) is 13.0. The van der Waals surface area contributed by atoms with Gasteiger partial charge in [0.15, 0.2) is 5.82 Å². The number of benzene rings is 1. The number of piperidine rings is 1. The van der Waals surface area contributed by atoms with Crippen LogP contribution in [-0.2, 0) is 11.2 Å². The number of hydrogen-bond donors (Lipinski definition) is 0. The summed E-state index contributed by atoms with van der Waals surface area (Å²) >= 11 is 0. The molecule has 144 valence electrons. The first-order valence-corrected chi connectivity index (χ1v) is 9.87. The molecule has 0 saturated carbocycles. The summed E-state index contributed by atoms with van der Waals surface area (Å²) in [6.07, 6.45) is 4.59. The number of aryl methyl sites for hydroxylation is 2. The molecule has 2 aromatic rings. The summed E-state index contributed by atoms with van der Waals surface area (Å²) in [6, 6.07) is 10.5. The van der Waals surface area contributed by atoms with Gasteiger partial charge in [-0.1, -0.05) is 35.5 Å². The van der Waals surface area contributed by atoms with Crippen molar-refractivity contribution >= 4 is 5.91 Å². The van der Waals surface area contributed by atoms with Gasteiger partial charge in [-0.2, -0.15) is 4.98 Å². The van der Waals surface area contributed by atoms with E-state index < -0.39 is 0 Å². The second kappa shape index (κ2) is 7.43. The molecule has 6 nitrogen and oxygen atoms in total. The Morgan fingerprint density at radius 2 is 2.00 bits per heavy atom. The van der Waals surface area contributed by atoms with E-state index in [-0.39, 0.29) is 17.4 Å². The summed E-state index contributed by atoms with van der Waals surface area (Å²) in [5, 5.41) is 4.13. The number of rotatable bonds is 4. The molecule has 0 bridgehead atoms. The molecule has 2 fully saturated rings. The van der Waals surface area contributed by atoms with Gasteiger partial charge < -0.3 is 9.42 Å². The van der Waals surface area contributed by atoms with Gasteiger partial charge in [-0.05, 0) is 43.7 Å². The average Bonchev–Trinajstić information content (AvgIpc) is 3.24. The normalized spacial score (nSPS) is 22.4. The fourth-order valence-electron chi connectivity index (χ4n) is 4.66. The topological polar surface area (TPSA) is 62.5 Å². The van der Waals surface area contributed by atoms with Crippen molar-refractivity contribution in [3.63, 3.8) is 0 Å². The predicted molar refractivity (Wildman–Crippen MR) is 102 cm³/mol. The van der Waals surface area contributed by atoms with Crippen LogP contribution in [0.15, 0.2) is 34.9 Å². The van der Waals surface area contributed by atoms with Crippen molar-refractivity contribution in [2.24, 2.45) is 5.41 Å². The van der Waals surface area contributed by atoms with Gasteiger partial charge in [0.25, 0.3) is 0 Å². The first kappa shape index (κ1) is 18.2. The summed E-state index contributed by atoms with van der Waals surface area (Å²) < 4.78 is 5.17. The largest absolute Gasteiger partial charge is 0.343 e. The Balaban J connectivity index is 1.31. The molecule has 27 heavy (non-hydrogen) atoms. The lowest BCUT2D eigenvalue weighted by molar-refractivity contribution is -0.133. The molecule has 1 aromatic carbocycles. The van der Waals surface area contributed by atoms with Crippen LogP contribution in [0.2, 0.25) is 0 Å². The maximum absolute atomic E-state index is 12.6. The lowest BCUT2D eigenvalue weighted by Gasteiger charge is -2.39. The number of carbonyl (C=O) groups excluding carboxylic acids is 1. The van der Waals surface area contributed by atoms with Crippen molar-refractivity contribution in [2.75, 3.05) is 26.7 Å². The molecular weight excluding hydrogens is 340 g/mol. The van der Waals surface area contributed by atoms with Crippen molar-refractivity contribution in [3.8, 4) is 0 Å². The van der Waals surface area contributed by atoms with Crippen LogP contribution in [0, 0.1) is 12.3 Å². The van der Waals surface area contributed by atoms with Crippen molar-refractivity contribution in [2.45, 2.75) is 45.1 Å². The van der Waals surface area contributed by atoms with E-state index in [2.05, 4.69) is 39.1 Å². The molecule has 4 rings (SSSR count). The van der Waals surface area contributed by atoms with Gasteiger partial charge in [0.05, 0.1) is 6.04 Å². The van der Waals surface area contributed by atoms with Gasteiger partial charge in [-0.15, -0.1) is 0 Å². The number of carbonyl (C=O) groups is 1. The van der Waals surface area contributed by atoms with E-state index in [1.165, 1.54) is 5.56 Å². The summed E-state index contributed by atoms with van der Waals surface area (Å²) in [5.41, 5.74) is 1.50. The average molecular weight is 368 g/mol. The molecule has 0 N–H and O–H groups in total. The summed E-state index contributed by atoms with van der Waals surface area (Å²) in [4.78, 5) is 21.4. The number of aromatic nitrogens is 2.